The van der Waals surface area contributed by atoms with Crippen LogP contribution in [-0.4, -0.2) is 56.6 Å². The first-order valence-corrected chi connectivity index (χ1v) is 9.54. The number of hydrogen-bond donors (Lipinski definition) is 2. The number of rotatable bonds is 7. The van der Waals surface area contributed by atoms with Crippen molar-refractivity contribution in [1.29, 1.82) is 0 Å². The van der Waals surface area contributed by atoms with Gasteiger partial charge in [0.15, 0.2) is 0 Å². The van der Waals surface area contributed by atoms with Gasteiger partial charge in [-0.25, -0.2) is 8.42 Å². The maximum absolute atomic E-state index is 12.7. The molecule has 1 aliphatic heterocycles. The van der Waals surface area contributed by atoms with E-state index in [0.29, 0.717) is 38.3 Å². The molecular weight excluding hydrogens is 332 g/mol. The lowest BCUT2D eigenvalue weighted by atomic mass is 9.97. The Hall–Kier alpha value is -1.64. The summed E-state index contributed by atoms with van der Waals surface area (Å²) in [6, 6.07) is 6.37. The molecule has 0 aromatic heterocycles. The fraction of sp³-hybridized carbons (Fsp3) is 0.562. The highest BCUT2D eigenvalue weighted by molar-refractivity contribution is 7.89. The van der Waals surface area contributed by atoms with Gasteiger partial charge in [-0.2, -0.15) is 4.31 Å². The van der Waals surface area contributed by atoms with Gasteiger partial charge in [0, 0.05) is 25.6 Å². The summed E-state index contributed by atoms with van der Waals surface area (Å²) in [4.78, 5) is 12.1. The van der Waals surface area contributed by atoms with Crippen molar-refractivity contribution in [3.8, 4) is 5.75 Å². The molecule has 1 amide bonds. The van der Waals surface area contributed by atoms with E-state index in [1.165, 1.54) is 4.31 Å². The third-order valence-electron chi connectivity index (χ3n) is 4.01. The number of sulfonamides is 1. The van der Waals surface area contributed by atoms with Crippen LogP contribution in [0.4, 0.5) is 0 Å². The van der Waals surface area contributed by atoms with Crippen molar-refractivity contribution in [2.45, 2.75) is 24.7 Å². The van der Waals surface area contributed by atoms with Crippen LogP contribution >= 0.6 is 0 Å². The molecule has 0 radical (unpaired) electrons. The molecule has 7 nitrogen and oxygen atoms in total. The SMILES string of the molecule is CCOc1ccc(S(=O)(=O)N2CCC(C(=O)NCCO)CC2)cc1. The first-order chi connectivity index (χ1) is 11.5. The second kappa shape index (κ2) is 8.46. The van der Waals surface area contributed by atoms with E-state index in [4.69, 9.17) is 9.84 Å². The smallest absolute Gasteiger partial charge is 0.243 e. The lowest BCUT2D eigenvalue weighted by molar-refractivity contribution is -0.126. The topological polar surface area (TPSA) is 95.9 Å². The molecule has 1 aromatic rings. The largest absolute Gasteiger partial charge is 0.494 e. The quantitative estimate of drug-likeness (QED) is 0.746. The van der Waals surface area contributed by atoms with Crippen molar-refractivity contribution in [2.75, 3.05) is 32.8 Å². The van der Waals surface area contributed by atoms with E-state index in [1.54, 1.807) is 24.3 Å². The zero-order valence-corrected chi connectivity index (χ0v) is 14.6. The summed E-state index contributed by atoms with van der Waals surface area (Å²) in [5.41, 5.74) is 0. The molecule has 0 saturated carbocycles. The third-order valence-corrected chi connectivity index (χ3v) is 5.92. The number of nitrogens with zero attached hydrogens (tertiary/aromatic N) is 1. The van der Waals surface area contributed by atoms with Gasteiger partial charge >= 0.3 is 0 Å². The summed E-state index contributed by atoms with van der Waals surface area (Å²) in [6.45, 7) is 3.14. The average Bonchev–Trinajstić information content (AvgIpc) is 2.60. The van der Waals surface area contributed by atoms with Crippen LogP contribution in [0.5, 0.6) is 5.75 Å². The zero-order valence-electron chi connectivity index (χ0n) is 13.8. The Morgan fingerprint density at radius 2 is 1.92 bits per heavy atom. The molecule has 2 N–H and O–H groups in total. The number of nitrogens with one attached hydrogen (secondary N) is 1. The monoisotopic (exact) mass is 356 g/mol. The van der Waals surface area contributed by atoms with Gasteiger partial charge in [0.05, 0.1) is 18.1 Å². The van der Waals surface area contributed by atoms with Crippen molar-refractivity contribution in [3.05, 3.63) is 24.3 Å². The van der Waals surface area contributed by atoms with Gasteiger partial charge in [-0.05, 0) is 44.0 Å². The lowest BCUT2D eigenvalue weighted by Gasteiger charge is -2.30. The summed E-state index contributed by atoms with van der Waals surface area (Å²) in [5.74, 6) is 0.307. The highest BCUT2D eigenvalue weighted by atomic mass is 32.2. The van der Waals surface area contributed by atoms with E-state index >= 15 is 0 Å². The molecule has 1 heterocycles. The van der Waals surface area contributed by atoms with Crippen LogP contribution in [0.1, 0.15) is 19.8 Å². The van der Waals surface area contributed by atoms with Crippen molar-refractivity contribution < 1.29 is 23.1 Å². The van der Waals surface area contributed by atoms with Gasteiger partial charge in [0.25, 0.3) is 0 Å². The summed E-state index contributed by atoms with van der Waals surface area (Å²) >= 11 is 0. The van der Waals surface area contributed by atoms with E-state index in [2.05, 4.69) is 5.32 Å². The Balaban J connectivity index is 1.98. The van der Waals surface area contributed by atoms with E-state index < -0.39 is 10.0 Å². The summed E-state index contributed by atoms with van der Waals surface area (Å²) < 4.78 is 32.0. The Bertz CT molecular complexity index is 637. The van der Waals surface area contributed by atoms with Gasteiger partial charge in [-0.1, -0.05) is 0 Å². The van der Waals surface area contributed by atoms with Crippen LogP contribution < -0.4 is 10.1 Å². The van der Waals surface area contributed by atoms with Crippen LogP contribution in [0.15, 0.2) is 29.2 Å². The minimum Gasteiger partial charge on any atom is -0.494 e. The number of amides is 1. The number of piperidine rings is 1. The fourth-order valence-electron chi connectivity index (χ4n) is 2.71. The fourth-order valence-corrected chi connectivity index (χ4v) is 4.18. The molecule has 0 atom stereocenters. The summed E-state index contributed by atoms with van der Waals surface area (Å²) in [5, 5.41) is 11.4. The number of aliphatic hydroxyl groups is 1. The highest BCUT2D eigenvalue weighted by Gasteiger charge is 2.31. The molecule has 1 saturated heterocycles. The molecule has 0 bridgehead atoms. The van der Waals surface area contributed by atoms with Gasteiger partial charge in [0.1, 0.15) is 5.75 Å². The Morgan fingerprint density at radius 3 is 2.46 bits per heavy atom. The number of carbonyl (C=O) groups is 1. The van der Waals surface area contributed by atoms with E-state index in [1.807, 2.05) is 6.92 Å². The number of ether oxygens (including phenoxy) is 1. The van der Waals surface area contributed by atoms with E-state index in [9.17, 15) is 13.2 Å². The number of carbonyl (C=O) groups excluding carboxylic acids is 1. The van der Waals surface area contributed by atoms with Crippen molar-refractivity contribution >= 4 is 15.9 Å². The van der Waals surface area contributed by atoms with Crippen LogP contribution in [0, 0.1) is 5.92 Å². The predicted octanol–water partition coefficient (Wildman–Crippen LogP) is 0.595. The zero-order chi connectivity index (χ0) is 17.6. The molecule has 0 unspecified atom stereocenters. The van der Waals surface area contributed by atoms with E-state index in [0.717, 1.165) is 0 Å². The third kappa shape index (κ3) is 4.46. The molecule has 0 aliphatic carbocycles. The minimum atomic E-state index is -3.55. The molecule has 8 heteroatoms. The summed E-state index contributed by atoms with van der Waals surface area (Å²) in [7, 11) is -3.55. The lowest BCUT2D eigenvalue weighted by Crippen LogP contribution is -2.43. The Labute approximate surface area is 142 Å². The van der Waals surface area contributed by atoms with Crippen molar-refractivity contribution in [1.82, 2.24) is 9.62 Å². The molecule has 2 rings (SSSR count). The van der Waals surface area contributed by atoms with Crippen molar-refractivity contribution in [3.63, 3.8) is 0 Å². The highest BCUT2D eigenvalue weighted by Crippen LogP contribution is 2.25. The maximum Gasteiger partial charge on any atom is 0.243 e. The number of benzene rings is 1. The van der Waals surface area contributed by atoms with Gasteiger partial charge in [0.2, 0.25) is 15.9 Å². The van der Waals surface area contributed by atoms with Gasteiger partial charge in [-0.3, -0.25) is 4.79 Å². The first-order valence-electron chi connectivity index (χ1n) is 8.10. The molecule has 134 valence electrons. The normalized spacial score (nSPS) is 16.8. The molecule has 0 spiro atoms. The van der Waals surface area contributed by atoms with Crippen LogP contribution in [0.25, 0.3) is 0 Å². The molecular formula is C16H24N2O5S. The molecule has 1 aliphatic rings. The maximum atomic E-state index is 12.7. The van der Waals surface area contributed by atoms with Gasteiger partial charge in [-0.15, -0.1) is 0 Å². The van der Waals surface area contributed by atoms with Crippen LogP contribution in [0.2, 0.25) is 0 Å². The second-order valence-corrected chi connectivity index (χ2v) is 7.54. The first kappa shape index (κ1) is 18.7. The predicted molar refractivity (Wildman–Crippen MR) is 89.2 cm³/mol. The van der Waals surface area contributed by atoms with Crippen LogP contribution in [0.3, 0.4) is 0 Å². The number of aliphatic hydroxyl groups excluding tert-OH is 1. The Kier molecular flexibility index (Phi) is 6.59. The molecule has 24 heavy (non-hydrogen) atoms. The standard InChI is InChI=1S/C16H24N2O5S/c1-2-23-14-3-5-15(6-4-14)24(21,22)18-10-7-13(8-11-18)16(20)17-9-12-19/h3-6,13,19H,2,7-12H2,1H3,(H,17,20). The molecule has 1 fully saturated rings. The second-order valence-electron chi connectivity index (χ2n) is 5.60. The van der Waals surface area contributed by atoms with E-state index in [-0.39, 0.29) is 29.9 Å². The van der Waals surface area contributed by atoms with Gasteiger partial charge < -0.3 is 15.2 Å². The van der Waals surface area contributed by atoms with Crippen LogP contribution in [-0.2, 0) is 14.8 Å². The minimum absolute atomic E-state index is 0.100. The number of hydrogen-bond acceptors (Lipinski definition) is 5. The summed E-state index contributed by atoms with van der Waals surface area (Å²) in [6.07, 6.45) is 0.959. The molecule has 1 aromatic carbocycles. The Morgan fingerprint density at radius 1 is 1.29 bits per heavy atom. The van der Waals surface area contributed by atoms with Crippen molar-refractivity contribution in [2.24, 2.45) is 5.92 Å². The average molecular weight is 356 g/mol.